The Kier molecular flexibility index (Phi) is 3.72. The van der Waals surface area contributed by atoms with E-state index in [0.717, 1.165) is 38.8 Å². The number of imidazole rings is 1. The van der Waals surface area contributed by atoms with E-state index >= 15 is 0 Å². The summed E-state index contributed by atoms with van der Waals surface area (Å²) in [6.45, 7) is 2.11. The maximum Gasteiger partial charge on any atom is 0.178 e. The number of aromatic amines is 2. The van der Waals surface area contributed by atoms with Crippen LogP contribution in [0.1, 0.15) is 4.88 Å². The highest BCUT2D eigenvalue weighted by molar-refractivity contribution is 7.15. The smallest absolute Gasteiger partial charge is 0.178 e. The van der Waals surface area contributed by atoms with Gasteiger partial charge in [-0.1, -0.05) is 6.07 Å². The van der Waals surface area contributed by atoms with Crippen LogP contribution < -0.4 is 0 Å². The minimum absolute atomic E-state index is 0.678. The van der Waals surface area contributed by atoms with Crippen molar-refractivity contribution >= 4 is 33.4 Å². The fourth-order valence-corrected chi connectivity index (χ4v) is 4.53. The lowest BCUT2D eigenvalue weighted by Gasteiger charge is -2.01. The maximum absolute atomic E-state index is 4.73. The molecule has 2 N–H and O–H groups in total. The number of benzene rings is 1. The van der Waals surface area contributed by atoms with Gasteiger partial charge in [0.05, 0.1) is 11.0 Å². The third-order valence-electron chi connectivity index (χ3n) is 5.08. The Morgan fingerprint density at radius 3 is 2.70 bits per heavy atom. The molecule has 6 rings (SSSR count). The molecule has 0 saturated carbocycles. The van der Waals surface area contributed by atoms with Crippen LogP contribution in [0.5, 0.6) is 0 Å². The number of aryl methyl sites for hydroxylation is 1. The molecule has 0 aliphatic heterocycles. The van der Waals surface area contributed by atoms with Gasteiger partial charge in [0.25, 0.3) is 0 Å². The summed E-state index contributed by atoms with van der Waals surface area (Å²) in [5.74, 6) is 0.686. The Morgan fingerprint density at radius 1 is 0.967 bits per heavy atom. The van der Waals surface area contributed by atoms with Gasteiger partial charge in [-0.05, 0) is 42.8 Å². The zero-order valence-electron chi connectivity index (χ0n) is 15.9. The molecule has 0 aliphatic rings. The van der Waals surface area contributed by atoms with Gasteiger partial charge in [-0.25, -0.2) is 19.9 Å². The monoisotopic (exact) mass is 409 g/mol. The Labute approximate surface area is 174 Å². The Morgan fingerprint density at radius 2 is 1.87 bits per heavy atom. The first kappa shape index (κ1) is 17.0. The molecule has 5 heterocycles. The van der Waals surface area contributed by atoms with Gasteiger partial charge in [-0.3, -0.25) is 5.10 Å². The molecule has 0 spiro atoms. The molecule has 6 aromatic rings. The molecule has 0 saturated heterocycles. The lowest BCUT2D eigenvalue weighted by atomic mass is 10.1. The summed E-state index contributed by atoms with van der Waals surface area (Å²) in [7, 11) is 0. The van der Waals surface area contributed by atoms with Gasteiger partial charge in [0, 0.05) is 44.9 Å². The molecule has 1 aromatic carbocycles. The largest absolute Gasteiger partial charge is 0.335 e. The number of pyridine rings is 1. The van der Waals surface area contributed by atoms with Gasteiger partial charge >= 0.3 is 0 Å². The first-order valence-corrected chi connectivity index (χ1v) is 10.2. The van der Waals surface area contributed by atoms with Crippen molar-refractivity contribution in [2.75, 3.05) is 0 Å². The first-order valence-electron chi connectivity index (χ1n) is 9.42. The van der Waals surface area contributed by atoms with Gasteiger partial charge < -0.3 is 4.98 Å². The first-order chi connectivity index (χ1) is 14.8. The number of hydrogen-bond acceptors (Lipinski definition) is 6. The molecule has 144 valence electrons. The maximum atomic E-state index is 4.73. The van der Waals surface area contributed by atoms with Gasteiger partial charge in [0.1, 0.15) is 12.0 Å². The second kappa shape index (κ2) is 6.57. The fraction of sp³-hybridized carbons (Fsp3) is 0.0455. The van der Waals surface area contributed by atoms with E-state index in [9.17, 15) is 0 Å². The number of H-pyrrole nitrogens is 2. The number of hydrogen-bond donors (Lipinski definition) is 2. The zero-order chi connectivity index (χ0) is 20.1. The lowest BCUT2D eigenvalue weighted by Crippen LogP contribution is -1.84. The molecule has 30 heavy (non-hydrogen) atoms. The van der Waals surface area contributed by atoms with Crippen molar-refractivity contribution in [2.24, 2.45) is 0 Å². The molecule has 0 atom stereocenters. The number of nitrogens with one attached hydrogen (secondary N) is 2. The third-order valence-corrected chi connectivity index (χ3v) is 6.11. The summed E-state index contributed by atoms with van der Waals surface area (Å²) in [5.41, 5.74) is 6.36. The average Bonchev–Trinajstić information content (AvgIpc) is 3.51. The van der Waals surface area contributed by atoms with Crippen LogP contribution in [0.15, 0.2) is 61.3 Å². The minimum atomic E-state index is 0.678. The summed E-state index contributed by atoms with van der Waals surface area (Å²) < 4.78 is 0. The van der Waals surface area contributed by atoms with Crippen LogP contribution in [0.4, 0.5) is 0 Å². The van der Waals surface area contributed by atoms with E-state index in [1.165, 1.54) is 16.1 Å². The topological polar surface area (TPSA) is 96.0 Å². The van der Waals surface area contributed by atoms with Crippen LogP contribution in [0.3, 0.4) is 0 Å². The summed E-state index contributed by atoms with van der Waals surface area (Å²) in [4.78, 5) is 23.3. The van der Waals surface area contributed by atoms with Crippen molar-refractivity contribution in [1.29, 1.82) is 0 Å². The number of rotatable bonds is 3. The fourth-order valence-electron chi connectivity index (χ4n) is 3.63. The number of fused-ring (bicyclic) bond motifs is 2. The predicted octanol–water partition coefficient (Wildman–Crippen LogP) is 5.00. The summed E-state index contributed by atoms with van der Waals surface area (Å²) >= 11 is 1.76. The second-order valence-electron chi connectivity index (χ2n) is 7.01. The van der Waals surface area contributed by atoms with Crippen molar-refractivity contribution < 1.29 is 0 Å². The summed E-state index contributed by atoms with van der Waals surface area (Å²) in [6.07, 6.45) is 6.93. The van der Waals surface area contributed by atoms with Crippen LogP contribution in [0.25, 0.3) is 55.2 Å². The molecule has 0 radical (unpaired) electrons. The SMILES string of the molecule is Cc1ccc(-c2ccnc3nc(-c4n[nH]c5ccc(-c6cncnc6)cc45)[nH]c23)s1. The van der Waals surface area contributed by atoms with Crippen molar-refractivity contribution in [1.82, 2.24) is 35.1 Å². The second-order valence-corrected chi connectivity index (χ2v) is 8.30. The van der Waals surface area contributed by atoms with E-state index in [4.69, 9.17) is 4.98 Å². The van der Waals surface area contributed by atoms with E-state index < -0.39 is 0 Å². The summed E-state index contributed by atoms with van der Waals surface area (Å²) in [6, 6.07) is 12.4. The third kappa shape index (κ3) is 2.69. The van der Waals surface area contributed by atoms with E-state index in [1.54, 1.807) is 29.9 Å². The highest BCUT2D eigenvalue weighted by Gasteiger charge is 2.16. The molecule has 7 nitrogen and oxygen atoms in total. The van der Waals surface area contributed by atoms with Crippen molar-refractivity contribution in [3.63, 3.8) is 0 Å². The molecule has 0 aliphatic carbocycles. The van der Waals surface area contributed by atoms with Crippen molar-refractivity contribution in [3.05, 3.63) is 66.2 Å². The predicted molar refractivity (Wildman–Crippen MR) is 118 cm³/mol. The quantitative estimate of drug-likeness (QED) is 0.429. The normalized spacial score (nSPS) is 11.5. The Balaban J connectivity index is 1.52. The van der Waals surface area contributed by atoms with Crippen LogP contribution >= 0.6 is 11.3 Å². The standard InChI is InChI=1S/C22H15N7S/c1-12-2-5-18(30-12)15-6-7-25-21-19(15)26-22(27-21)20-16-8-13(3-4-17(16)28-29-20)14-9-23-11-24-10-14/h2-11H,1H3,(H,28,29)(H,25,26,27). The lowest BCUT2D eigenvalue weighted by molar-refractivity contribution is 1.10. The van der Waals surface area contributed by atoms with Crippen molar-refractivity contribution in [2.45, 2.75) is 6.92 Å². The molecule has 0 amide bonds. The molecule has 0 fully saturated rings. The van der Waals surface area contributed by atoms with Gasteiger partial charge in [0.15, 0.2) is 11.5 Å². The van der Waals surface area contributed by atoms with Crippen LogP contribution in [0.2, 0.25) is 0 Å². The highest BCUT2D eigenvalue weighted by Crippen LogP contribution is 2.34. The van der Waals surface area contributed by atoms with E-state index in [2.05, 4.69) is 55.3 Å². The average molecular weight is 409 g/mol. The van der Waals surface area contributed by atoms with E-state index in [1.807, 2.05) is 18.2 Å². The van der Waals surface area contributed by atoms with Gasteiger partial charge in [-0.15, -0.1) is 11.3 Å². The number of aromatic nitrogens is 7. The minimum Gasteiger partial charge on any atom is -0.335 e. The molecule has 5 aromatic heterocycles. The highest BCUT2D eigenvalue weighted by atomic mass is 32.1. The van der Waals surface area contributed by atoms with Gasteiger partial charge in [0.2, 0.25) is 0 Å². The number of nitrogens with zero attached hydrogens (tertiary/aromatic N) is 5. The van der Waals surface area contributed by atoms with Crippen LogP contribution in [-0.2, 0) is 0 Å². The Bertz CT molecular complexity index is 1510. The van der Waals surface area contributed by atoms with Crippen molar-refractivity contribution in [3.8, 4) is 33.1 Å². The Hall–Kier alpha value is -3.91. The van der Waals surface area contributed by atoms with E-state index in [-0.39, 0.29) is 0 Å². The number of thiophene rings is 1. The van der Waals surface area contributed by atoms with Gasteiger partial charge in [-0.2, -0.15) is 5.10 Å². The molecular weight excluding hydrogens is 394 g/mol. The molecular formula is C22H15N7S. The zero-order valence-corrected chi connectivity index (χ0v) is 16.7. The summed E-state index contributed by atoms with van der Waals surface area (Å²) in [5, 5.41) is 8.60. The van der Waals surface area contributed by atoms with Crippen LogP contribution in [0, 0.1) is 6.92 Å². The molecule has 0 unspecified atom stereocenters. The molecule has 0 bridgehead atoms. The van der Waals surface area contributed by atoms with E-state index in [0.29, 0.717) is 11.5 Å². The molecule has 8 heteroatoms. The van der Waals surface area contributed by atoms with Crippen LogP contribution in [-0.4, -0.2) is 35.1 Å².